The van der Waals surface area contributed by atoms with Gasteiger partial charge in [-0.15, -0.1) is 0 Å². The van der Waals surface area contributed by atoms with Crippen molar-refractivity contribution >= 4 is 17.7 Å². The van der Waals surface area contributed by atoms with Crippen LogP contribution in [0.25, 0.3) is 0 Å². The molecule has 1 saturated heterocycles. The molecule has 0 radical (unpaired) electrons. The van der Waals surface area contributed by atoms with E-state index in [1.165, 1.54) is 0 Å². The van der Waals surface area contributed by atoms with Crippen molar-refractivity contribution in [3.8, 4) is 0 Å². The van der Waals surface area contributed by atoms with E-state index in [1.54, 1.807) is 18.1 Å². The predicted octanol–water partition coefficient (Wildman–Crippen LogP) is 1.81. The van der Waals surface area contributed by atoms with Gasteiger partial charge in [0.15, 0.2) is 5.54 Å². The van der Waals surface area contributed by atoms with Gasteiger partial charge in [0.1, 0.15) is 0 Å². The number of aryl methyl sites for hydroxylation is 1. The molecule has 1 N–H and O–H groups in total. The molecule has 0 bridgehead atoms. The summed E-state index contributed by atoms with van der Waals surface area (Å²) in [6.07, 6.45) is 3.32. The Morgan fingerprint density at radius 2 is 2.38 bits per heavy atom. The number of hydrogen-bond acceptors (Lipinski definition) is 3. The largest absolute Gasteiger partial charge is 0.479 e. The van der Waals surface area contributed by atoms with E-state index in [0.29, 0.717) is 12.2 Å². The number of carbonyl (C=O) groups is 1. The minimum absolute atomic E-state index is 0.638. The van der Waals surface area contributed by atoms with Crippen molar-refractivity contribution in [2.24, 2.45) is 0 Å². The van der Waals surface area contributed by atoms with Crippen molar-refractivity contribution < 1.29 is 9.90 Å². The maximum Gasteiger partial charge on any atom is 0.330 e. The number of aliphatic carboxylic acids is 1. The molecular weight excluding hydrogens is 224 g/mol. The molecule has 88 valence electrons. The maximum absolute atomic E-state index is 11.6. The minimum Gasteiger partial charge on any atom is -0.479 e. The van der Waals surface area contributed by atoms with Crippen molar-refractivity contribution in [3.63, 3.8) is 0 Å². The van der Waals surface area contributed by atoms with Crippen LogP contribution in [0.3, 0.4) is 0 Å². The lowest BCUT2D eigenvalue weighted by Gasteiger charge is -2.35. The van der Waals surface area contributed by atoms with Gasteiger partial charge in [-0.2, -0.15) is 11.8 Å². The highest BCUT2D eigenvalue weighted by Crippen LogP contribution is 2.34. The summed E-state index contributed by atoms with van der Waals surface area (Å²) in [6.45, 7) is 3.85. The third-order valence-electron chi connectivity index (χ3n) is 3.33. The van der Waals surface area contributed by atoms with Crippen LogP contribution in [0, 0.1) is 13.8 Å². The summed E-state index contributed by atoms with van der Waals surface area (Å²) in [5.74, 6) is 0.959. The first kappa shape index (κ1) is 11.5. The number of nitrogens with zero attached hydrogens (tertiary/aromatic N) is 2. The zero-order valence-electron chi connectivity index (χ0n) is 9.56. The number of aromatic nitrogens is 2. The second-order valence-electron chi connectivity index (χ2n) is 4.28. The van der Waals surface area contributed by atoms with Crippen LogP contribution in [0.1, 0.15) is 24.2 Å². The number of rotatable bonds is 2. The highest BCUT2D eigenvalue weighted by atomic mass is 32.2. The summed E-state index contributed by atoms with van der Waals surface area (Å²) in [5, 5.41) is 9.51. The van der Waals surface area contributed by atoms with Gasteiger partial charge < -0.3 is 9.67 Å². The van der Waals surface area contributed by atoms with Gasteiger partial charge in [0.2, 0.25) is 0 Å². The molecule has 16 heavy (non-hydrogen) atoms. The predicted molar refractivity (Wildman–Crippen MR) is 63.9 cm³/mol. The van der Waals surface area contributed by atoms with Crippen LogP contribution >= 0.6 is 11.8 Å². The van der Waals surface area contributed by atoms with Crippen molar-refractivity contribution in [2.45, 2.75) is 32.2 Å². The molecule has 1 aromatic heterocycles. The van der Waals surface area contributed by atoms with Crippen LogP contribution in [-0.2, 0) is 10.3 Å². The van der Waals surface area contributed by atoms with Gasteiger partial charge in [-0.05, 0) is 32.4 Å². The van der Waals surface area contributed by atoms with Crippen LogP contribution in [0.15, 0.2) is 6.33 Å². The Labute approximate surface area is 99.1 Å². The zero-order valence-corrected chi connectivity index (χ0v) is 10.4. The SMILES string of the molecule is Cc1ncn(C2(C(=O)O)CCCSC2)c1C. The van der Waals surface area contributed by atoms with Gasteiger partial charge in [0.25, 0.3) is 0 Å². The van der Waals surface area contributed by atoms with E-state index in [1.807, 2.05) is 18.4 Å². The summed E-state index contributed by atoms with van der Waals surface area (Å²) >= 11 is 1.71. The molecule has 1 atom stereocenters. The molecule has 5 heteroatoms. The summed E-state index contributed by atoms with van der Waals surface area (Å²) in [7, 11) is 0. The third-order valence-corrected chi connectivity index (χ3v) is 4.59. The molecule has 0 spiro atoms. The van der Waals surface area contributed by atoms with E-state index in [2.05, 4.69) is 4.98 Å². The van der Waals surface area contributed by atoms with Gasteiger partial charge in [0.05, 0.1) is 12.0 Å². The van der Waals surface area contributed by atoms with Crippen molar-refractivity contribution in [3.05, 3.63) is 17.7 Å². The smallest absolute Gasteiger partial charge is 0.330 e. The Morgan fingerprint density at radius 1 is 1.62 bits per heavy atom. The molecule has 1 aliphatic rings. The number of carboxylic acids is 1. The van der Waals surface area contributed by atoms with E-state index in [4.69, 9.17) is 0 Å². The Morgan fingerprint density at radius 3 is 2.81 bits per heavy atom. The Balaban J connectivity index is 2.47. The third kappa shape index (κ3) is 1.63. The lowest BCUT2D eigenvalue weighted by Crippen LogP contribution is -2.46. The topological polar surface area (TPSA) is 55.1 Å². The molecule has 1 fully saturated rings. The van der Waals surface area contributed by atoms with Crippen LogP contribution < -0.4 is 0 Å². The average molecular weight is 240 g/mol. The number of thioether (sulfide) groups is 1. The lowest BCUT2D eigenvalue weighted by atomic mass is 9.94. The summed E-state index contributed by atoms with van der Waals surface area (Å²) in [5.41, 5.74) is 1.09. The molecule has 2 heterocycles. The summed E-state index contributed by atoms with van der Waals surface area (Å²) < 4.78 is 1.84. The van der Waals surface area contributed by atoms with Crippen LogP contribution in [0.5, 0.6) is 0 Å². The molecule has 4 nitrogen and oxygen atoms in total. The highest BCUT2D eigenvalue weighted by Gasteiger charge is 2.42. The molecule has 1 unspecified atom stereocenters. The fraction of sp³-hybridized carbons (Fsp3) is 0.636. The second kappa shape index (κ2) is 4.13. The zero-order chi connectivity index (χ0) is 11.8. The van der Waals surface area contributed by atoms with E-state index >= 15 is 0 Å². The fourth-order valence-electron chi connectivity index (χ4n) is 2.17. The molecule has 0 aliphatic carbocycles. The van der Waals surface area contributed by atoms with Gasteiger partial charge in [-0.1, -0.05) is 0 Å². The average Bonchev–Trinajstić information content (AvgIpc) is 2.61. The van der Waals surface area contributed by atoms with E-state index in [0.717, 1.165) is 23.6 Å². The van der Waals surface area contributed by atoms with Gasteiger partial charge in [-0.3, -0.25) is 0 Å². The highest BCUT2D eigenvalue weighted by molar-refractivity contribution is 7.99. The van der Waals surface area contributed by atoms with Gasteiger partial charge in [-0.25, -0.2) is 9.78 Å². The summed E-state index contributed by atoms with van der Waals surface area (Å²) in [6, 6.07) is 0. The first-order valence-electron chi connectivity index (χ1n) is 5.40. The monoisotopic (exact) mass is 240 g/mol. The number of hydrogen-bond donors (Lipinski definition) is 1. The molecule has 0 saturated carbocycles. The quantitative estimate of drug-likeness (QED) is 0.856. The van der Waals surface area contributed by atoms with Crippen molar-refractivity contribution in [1.29, 1.82) is 0 Å². The van der Waals surface area contributed by atoms with Crippen LogP contribution in [-0.4, -0.2) is 32.1 Å². The van der Waals surface area contributed by atoms with Crippen LogP contribution in [0.4, 0.5) is 0 Å². The Bertz CT molecular complexity index is 408. The first-order chi connectivity index (χ1) is 7.58. The van der Waals surface area contributed by atoms with E-state index in [-0.39, 0.29) is 0 Å². The van der Waals surface area contributed by atoms with E-state index < -0.39 is 11.5 Å². The molecule has 2 rings (SSSR count). The molecule has 1 aliphatic heterocycles. The minimum atomic E-state index is -0.783. The Kier molecular flexibility index (Phi) is 2.97. The number of imidazole rings is 1. The standard InChI is InChI=1S/C11H16N2O2S/c1-8-9(2)13(7-12-8)11(10(14)15)4-3-5-16-6-11/h7H,3-6H2,1-2H3,(H,14,15). The van der Waals surface area contributed by atoms with Gasteiger partial charge in [0, 0.05) is 11.4 Å². The van der Waals surface area contributed by atoms with E-state index in [9.17, 15) is 9.90 Å². The van der Waals surface area contributed by atoms with Gasteiger partial charge >= 0.3 is 5.97 Å². The second-order valence-corrected chi connectivity index (χ2v) is 5.38. The first-order valence-corrected chi connectivity index (χ1v) is 6.55. The fourth-order valence-corrected chi connectivity index (χ4v) is 3.41. The Hall–Kier alpha value is -0.970. The maximum atomic E-state index is 11.6. The van der Waals surface area contributed by atoms with Crippen LogP contribution in [0.2, 0.25) is 0 Å². The lowest BCUT2D eigenvalue weighted by molar-refractivity contribution is -0.147. The number of carboxylic acid groups (broad SMARTS) is 1. The van der Waals surface area contributed by atoms with Crippen molar-refractivity contribution in [1.82, 2.24) is 9.55 Å². The molecule has 1 aromatic rings. The summed E-state index contributed by atoms with van der Waals surface area (Å²) in [4.78, 5) is 15.8. The normalized spacial score (nSPS) is 25.6. The molecule has 0 aromatic carbocycles. The molecular formula is C11H16N2O2S. The van der Waals surface area contributed by atoms with Crippen molar-refractivity contribution in [2.75, 3.05) is 11.5 Å². The molecule has 0 amide bonds.